The van der Waals surface area contributed by atoms with E-state index in [0.717, 1.165) is 37.6 Å². The van der Waals surface area contributed by atoms with Crippen molar-refractivity contribution in [1.82, 2.24) is 15.5 Å². The quantitative estimate of drug-likeness (QED) is 0.327. The Balaban J connectivity index is 1.93. The zero-order valence-corrected chi connectivity index (χ0v) is 15.2. The lowest BCUT2D eigenvalue weighted by molar-refractivity contribution is -0.384. The highest BCUT2D eigenvalue weighted by Crippen LogP contribution is 2.15. The van der Waals surface area contributed by atoms with Crippen LogP contribution in [0.15, 0.2) is 29.3 Å². The fraction of sp³-hybridized carbons (Fsp3) is 0.611. The summed E-state index contributed by atoms with van der Waals surface area (Å²) in [5.74, 6) is 0.808. The van der Waals surface area contributed by atoms with Gasteiger partial charge in [-0.15, -0.1) is 0 Å². The second-order valence-corrected chi connectivity index (χ2v) is 6.32. The molecule has 0 aliphatic carbocycles. The Kier molecular flexibility index (Phi) is 7.66. The molecule has 1 unspecified atom stereocenters. The molecule has 1 atom stereocenters. The largest absolute Gasteiger partial charge is 0.356 e. The van der Waals surface area contributed by atoms with E-state index in [1.807, 2.05) is 0 Å². The molecule has 1 aliphatic rings. The lowest BCUT2D eigenvalue weighted by Crippen LogP contribution is -2.45. The van der Waals surface area contributed by atoms with Crippen molar-refractivity contribution in [2.75, 3.05) is 26.2 Å². The monoisotopic (exact) mass is 347 g/mol. The highest BCUT2D eigenvalue weighted by atomic mass is 16.6. The van der Waals surface area contributed by atoms with E-state index in [9.17, 15) is 10.1 Å². The highest BCUT2D eigenvalue weighted by molar-refractivity contribution is 5.79. The summed E-state index contributed by atoms with van der Waals surface area (Å²) in [6.45, 7) is 8.86. The van der Waals surface area contributed by atoms with Crippen molar-refractivity contribution in [3.05, 3.63) is 39.9 Å². The molecule has 1 aromatic rings. The summed E-state index contributed by atoms with van der Waals surface area (Å²) in [6.07, 6.45) is 3.52. The van der Waals surface area contributed by atoms with E-state index in [0.29, 0.717) is 12.6 Å². The fourth-order valence-corrected chi connectivity index (χ4v) is 3.07. The van der Waals surface area contributed by atoms with Crippen molar-refractivity contribution in [2.24, 2.45) is 4.99 Å². The second-order valence-electron chi connectivity index (χ2n) is 6.32. The molecule has 0 spiro atoms. The molecule has 0 radical (unpaired) electrons. The van der Waals surface area contributed by atoms with Gasteiger partial charge in [-0.25, -0.2) is 4.99 Å². The van der Waals surface area contributed by atoms with Gasteiger partial charge in [0.15, 0.2) is 5.96 Å². The van der Waals surface area contributed by atoms with Gasteiger partial charge in [0.2, 0.25) is 0 Å². The second kappa shape index (κ2) is 9.98. The van der Waals surface area contributed by atoms with E-state index in [-0.39, 0.29) is 10.6 Å². The molecule has 0 bridgehead atoms. The normalized spacial score (nSPS) is 18.3. The van der Waals surface area contributed by atoms with Crippen LogP contribution in [0.5, 0.6) is 0 Å². The number of benzene rings is 1. The van der Waals surface area contributed by atoms with Crippen LogP contribution in [-0.4, -0.2) is 48.0 Å². The summed E-state index contributed by atoms with van der Waals surface area (Å²) >= 11 is 0. The number of hydrogen-bond acceptors (Lipinski definition) is 4. The number of likely N-dealkylation sites (N-methyl/N-ethyl adjacent to an activating group) is 1. The van der Waals surface area contributed by atoms with Crippen molar-refractivity contribution < 1.29 is 4.92 Å². The molecule has 1 aliphatic heterocycles. The van der Waals surface area contributed by atoms with Crippen molar-refractivity contribution in [1.29, 1.82) is 0 Å². The van der Waals surface area contributed by atoms with E-state index in [2.05, 4.69) is 34.4 Å². The first-order chi connectivity index (χ1) is 12.1. The Hall–Kier alpha value is -2.15. The predicted molar refractivity (Wildman–Crippen MR) is 101 cm³/mol. The molecule has 1 saturated heterocycles. The molecule has 0 aromatic heterocycles. The van der Waals surface area contributed by atoms with Crippen molar-refractivity contribution >= 4 is 11.6 Å². The number of guanidine groups is 1. The van der Waals surface area contributed by atoms with E-state index < -0.39 is 0 Å². The summed E-state index contributed by atoms with van der Waals surface area (Å²) in [7, 11) is 0. The third-order valence-electron chi connectivity index (χ3n) is 4.52. The molecule has 7 nitrogen and oxygen atoms in total. The van der Waals surface area contributed by atoms with Gasteiger partial charge in [-0.2, -0.15) is 0 Å². The number of hydrogen-bond donors (Lipinski definition) is 2. The number of aliphatic imine (C=N–C) groups is 1. The fourth-order valence-electron chi connectivity index (χ4n) is 3.07. The van der Waals surface area contributed by atoms with Crippen LogP contribution in [0.1, 0.15) is 38.7 Å². The highest BCUT2D eigenvalue weighted by Gasteiger charge is 2.22. The van der Waals surface area contributed by atoms with Gasteiger partial charge in [-0.3, -0.25) is 15.0 Å². The number of rotatable bonds is 8. The summed E-state index contributed by atoms with van der Waals surface area (Å²) in [5, 5.41) is 17.5. The number of non-ortho nitro benzene ring substituents is 1. The number of nitro groups is 1. The molecule has 25 heavy (non-hydrogen) atoms. The van der Waals surface area contributed by atoms with Crippen LogP contribution in [0.4, 0.5) is 5.69 Å². The molecule has 2 rings (SSSR count). The molecule has 1 heterocycles. The van der Waals surface area contributed by atoms with Crippen molar-refractivity contribution in [2.45, 2.75) is 45.7 Å². The van der Waals surface area contributed by atoms with Crippen LogP contribution in [0, 0.1) is 10.1 Å². The molecular weight excluding hydrogens is 318 g/mol. The number of likely N-dealkylation sites (tertiary alicyclic amines) is 1. The Bertz CT molecular complexity index is 573. The lowest BCUT2D eigenvalue weighted by Gasteiger charge is -2.24. The van der Waals surface area contributed by atoms with Gasteiger partial charge in [0, 0.05) is 31.3 Å². The number of nitro benzene ring substituents is 1. The Morgan fingerprint density at radius 1 is 1.32 bits per heavy atom. The van der Waals surface area contributed by atoms with Gasteiger partial charge in [0.05, 0.1) is 11.5 Å². The molecule has 138 valence electrons. The topological polar surface area (TPSA) is 82.8 Å². The van der Waals surface area contributed by atoms with Crippen molar-refractivity contribution in [3.63, 3.8) is 0 Å². The van der Waals surface area contributed by atoms with Gasteiger partial charge < -0.3 is 10.6 Å². The van der Waals surface area contributed by atoms with E-state index >= 15 is 0 Å². The zero-order chi connectivity index (χ0) is 18.1. The molecule has 2 N–H and O–H groups in total. The molecule has 0 saturated carbocycles. The van der Waals surface area contributed by atoms with Gasteiger partial charge in [0.25, 0.3) is 5.69 Å². The minimum atomic E-state index is -0.385. The number of nitrogens with zero attached hydrogens (tertiary/aromatic N) is 3. The molecule has 1 fully saturated rings. The summed E-state index contributed by atoms with van der Waals surface area (Å²) < 4.78 is 0. The van der Waals surface area contributed by atoms with E-state index in [4.69, 9.17) is 0 Å². The standard InChI is InChI=1S/C18H29N5O2/c1-3-11-19-18(21-14-17-6-5-12-22(17)4-2)20-13-15-7-9-16(10-8-15)23(24)25/h7-10,17H,3-6,11-14H2,1-2H3,(H2,19,20,21). The average Bonchev–Trinajstić information content (AvgIpc) is 3.09. The SMILES string of the molecule is CCCNC(=NCc1ccc([N+](=O)[O-])cc1)NCC1CCCN1CC. The average molecular weight is 347 g/mol. The molecule has 1 aromatic carbocycles. The maximum absolute atomic E-state index is 10.7. The van der Waals surface area contributed by atoms with E-state index in [1.54, 1.807) is 12.1 Å². The van der Waals surface area contributed by atoms with Crippen LogP contribution in [0.3, 0.4) is 0 Å². The first-order valence-corrected chi connectivity index (χ1v) is 9.13. The maximum atomic E-state index is 10.7. The van der Waals surface area contributed by atoms with Gasteiger partial charge >= 0.3 is 0 Å². The Morgan fingerprint density at radius 3 is 2.72 bits per heavy atom. The smallest absolute Gasteiger partial charge is 0.269 e. The maximum Gasteiger partial charge on any atom is 0.269 e. The summed E-state index contributed by atoms with van der Waals surface area (Å²) in [6, 6.07) is 7.13. The van der Waals surface area contributed by atoms with E-state index in [1.165, 1.54) is 31.5 Å². The van der Waals surface area contributed by atoms with Crippen LogP contribution in [0.25, 0.3) is 0 Å². The minimum Gasteiger partial charge on any atom is -0.356 e. The van der Waals surface area contributed by atoms with Gasteiger partial charge in [-0.05, 0) is 37.9 Å². The first-order valence-electron chi connectivity index (χ1n) is 9.13. The first kappa shape index (κ1) is 19.2. The minimum absolute atomic E-state index is 0.107. The Labute approximate surface area is 149 Å². The van der Waals surface area contributed by atoms with Crippen LogP contribution < -0.4 is 10.6 Å². The van der Waals surface area contributed by atoms with Crippen LogP contribution in [-0.2, 0) is 6.54 Å². The molecular formula is C18H29N5O2. The number of nitrogens with one attached hydrogen (secondary N) is 2. The zero-order valence-electron chi connectivity index (χ0n) is 15.2. The predicted octanol–water partition coefficient (Wildman–Crippen LogP) is 2.52. The third kappa shape index (κ3) is 6.01. The summed E-state index contributed by atoms with van der Waals surface area (Å²) in [4.78, 5) is 17.5. The molecule has 0 amide bonds. The van der Waals surface area contributed by atoms with Crippen LogP contribution >= 0.6 is 0 Å². The third-order valence-corrected chi connectivity index (χ3v) is 4.52. The van der Waals surface area contributed by atoms with Gasteiger partial charge in [0.1, 0.15) is 0 Å². The summed E-state index contributed by atoms with van der Waals surface area (Å²) in [5.41, 5.74) is 1.07. The lowest BCUT2D eigenvalue weighted by atomic mass is 10.2. The van der Waals surface area contributed by atoms with Crippen molar-refractivity contribution in [3.8, 4) is 0 Å². The Morgan fingerprint density at radius 2 is 2.08 bits per heavy atom. The molecule has 7 heteroatoms. The van der Waals surface area contributed by atoms with Crippen LogP contribution in [0.2, 0.25) is 0 Å². The van der Waals surface area contributed by atoms with Gasteiger partial charge in [-0.1, -0.05) is 26.0 Å².